The number of amides is 1. The molecule has 0 radical (unpaired) electrons. The van der Waals surface area contributed by atoms with Gasteiger partial charge in [0.05, 0.1) is 10.9 Å². The average Bonchev–Trinajstić information content (AvgIpc) is 2.67. The number of primary amides is 1. The van der Waals surface area contributed by atoms with E-state index in [-0.39, 0.29) is 11.3 Å². The lowest BCUT2D eigenvalue weighted by molar-refractivity contribution is -0.121. The summed E-state index contributed by atoms with van der Waals surface area (Å²) in [5, 5.41) is 0. The van der Waals surface area contributed by atoms with Crippen LogP contribution in [0.25, 0.3) is 0 Å². The highest BCUT2D eigenvalue weighted by Gasteiger charge is 2.48. The van der Waals surface area contributed by atoms with Crippen molar-refractivity contribution in [3.63, 3.8) is 0 Å². The molecule has 1 aromatic carbocycles. The van der Waals surface area contributed by atoms with Gasteiger partial charge in [0.1, 0.15) is 18.0 Å². The molecule has 3 atom stereocenters. The van der Waals surface area contributed by atoms with E-state index in [0.717, 1.165) is 28.6 Å². The Kier molecular flexibility index (Phi) is 3.79. The highest BCUT2D eigenvalue weighted by molar-refractivity contribution is 7.89. The van der Waals surface area contributed by atoms with Gasteiger partial charge in [-0.1, -0.05) is 0 Å². The van der Waals surface area contributed by atoms with Gasteiger partial charge in [-0.15, -0.1) is 0 Å². The predicted octanol–water partition coefficient (Wildman–Crippen LogP) is 0.801. The maximum absolute atomic E-state index is 13.7. The minimum atomic E-state index is -4.11. The monoisotopic (exact) mass is 304 g/mol. The summed E-state index contributed by atoms with van der Waals surface area (Å²) in [4.78, 5) is 11.1. The summed E-state index contributed by atoms with van der Waals surface area (Å²) in [6.45, 7) is 1.37. The number of hydrogen-bond acceptors (Lipinski definition) is 3. The number of nitrogens with two attached hydrogens (primary N) is 1. The van der Waals surface area contributed by atoms with Crippen LogP contribution in [0, 0.1) is 5.82 Å². The van der Waals surface area contributed by atoms with Gasteiger partial charge < -0.3 is 5.73 Å². The Morgan fingerprint density at radius 3 is 2.40 bits per heavy atom. The van der Waals surface area contributed by atoms with E-state index in [9.17, 15) is 22.0 Å². The van der Waals surface area contributed by atoms with Crippen molar-refractivity contribution in [2.45, 2.75) is 36.5 Å². The number of hydrogen-bond donors (Lipinski definition) is 1. The van der Waals surface area contributed by atoms with Gasteiger partial charge in [0.25, 0.3) is 0 Å². The van der Waals surface area contributed by atoms with Gasteiger partial charge >= 0.3 is 0 Å². The van der Waals surface area contributed by atoms with Crippen LogP contribution in [0.5, 0.6) is 0 Å². The third-order valence-corrected chi connectivity index (χ3v) is 5.41. The van der Waals surface area contributed by atoms with E-state index in [4.69, 9.17) is 5.73 Å². The zero-order chi connectivity index (χ0) is 15.1. The number of benzene rings is 1. The average molecular weight is 304 g/mol. The molecule has 5 nitrogen and oxygen atoms in total. The molecule has 0 bridgehead atoms. The molecule has 20 heavy (non-hydrogen) atoms. The van der Waals surface area contributed by atoms with Crippen LogP contribution in [-0.2, 0) is 14.8 Å². The second-order valence-electron chi connectivity index (χ2n) is 4.70. The van der Waals surface area contributed by atoms with Crippen molar-refractivity contribution in [2.75, 3.05) is 0 Å². The molecule has 1 fully saturated rings. The number of halogens is 2. The summed E-state index contributed by atoms with van der Waals surface area (Å²) in [6, 6.07) is 1.89. The Bertz CT molecular complexity index is 618. The quantitative estimate of drug-likeness (QED) is 0.897. The van der Waals surface area contributed by atoms with Crippen molar-refractivity contribution in [1.82, 2.24) is 4.31 Å². The molecule has 2 rings (SSSR count). The fourth-order valence-corrected chi connectivity index (χ4v) is 4.13. The second-order valence-corrected chi connectivity index (χ2v) is 6.54. The van der Waals surface area contributed by atoms with Crippen LogP contribution >= 0.6 is 0 Å². The van der Waals surface area contributed by atoms with E-state index in [1.54, 1.807) is 0 Å². The minimum absolute atomic E-state index is 0.203. The Morgan fingerprint density at radius 2 is 1.90 bits per heavy atom. The van der Waals surface area contributed by atoms with E-state index in [0.29, 0.717) is 0 Å². The Labute approximate surface area is 115 Å². The van der Waals surface area contributed by atoms with Crippen LogP contribution in [0.15, 0.2) is 29.2 Å². The normalized spacial score (nSPS) is 27.6. The van der Waals surface area contributed by atoms with Crippen LogP contribution < -0.4 is 5.73 Å². The van der Waals surface area contributed by atoms with Crippen LogP contribution in [-0.4, -0.2) is 36.9 Å². The van der Waals surface area contributed by atoms with Gasteiger partial charge in [-0.25, -0.2) is 17.2 Å². The summed E-state index contributed by atoms with van der Waals surface area (Å²) in [6.07, 6.45) is -1.74. The first-order valence-electron chi connectivity index (χ1n) is 5.97. The van der Waals surface area contributed by atoms with E-state index in [2.05, 4.69) is 0 Å². The second kappa shape index (κ2) is 5.10. The molecule has 1 saturated heterocycles. The summed E-state index contributed by atoms with van der Waals surface area (Å²) < 4.78 is 52.2. The lowest BCUT2D eigenvalue weighted by atomic mass is 10.2. The van der Waals surface area contributed by atoms with Crippen molar-refractivity contribution in [2.24, 2.45) is 5.73 Å². The molecular formula is C12H14F2N2O3S. The van der Waals surface area contributed by atoms with Gasteiger partial charge in [-0.3, -0.25) is 4.79 Å². The Morgan fingerprint density at radius 1 is 1.35 bits per heavy atom. The van der Waals surface area contributed by atoms with Crippen molar-refractivity contribution >= 4 is 15.9 Å². The Hall–Kier alpha value is -1.54. The first-order valence-corrected chi connectivity index (χ1v) is 7.41. The van der Waals surface area contributed by atoms with E-state index in [1.165, 1.54) is 6.92 Å². The zero-order valence-electron chi connectivity index (χ0n) is 10.7. The number of rotatable bonds is 3. The number of sulfonamides is 1. The molecule has 1 aromatic rings. The number of alkyl halides is 1. The maximum atomic E-state index is 13.7. The van der Waals surface area contributed by atoms with Crippen molar-refractivity contribution in [1.29, 1.82) is 0 Å². The third kappa shape index (κ3) is 2.40. The molecule has 1 aliphatic rings. The fourth-order valence-electron chi connectivity index (χ4n) is 2.31. The molecule has 0 aromatic heterocycles. The first-order chi connectivity index (χ1) is 9.25. The lowest BCUT2D eigenvalue weighted by Crippen LogP contribution is -2.46. The van der Waals surface area contributed by atoms with E-state index >= 15 is 0 Å². The van der Waals surface area contributed by atoms with Gasteiger partial charge in [0, 0.05) is 6.42 Å². The summed E-state index contributed by atoms with van der Waals surface area (Å²) in [5.41, 5.74) is 5.14. The SMILES string of the molecule is CC1C(F)CC(C(N)=O)N1S(=O)(=O)c1ccc(F)cc1. The van der Waals surface area contributed by atoms with Gasteiger partial charge in [-0.2, -0.15) is 4.31 Å². The number of carbonyl (C=O) groups is 1. The topological polar surface area (TPSA) is 80.5 Å². The van der Waals surface area contributed by atoms with Crippen LogP contribution in [0.4, 0.5) is 8.78 Å². The summed E-state index contributed by atoms with van der Waals surface area (Å²) >= 11 is 0. The smallest absolute Gasteiger partial charge is 0.244 e. The molecule has 8 heteroatoms. The molecule has 110 valence electrons. The Balaban J connectivity index is 2.46. The molecule has 0 aliphatic carbocycles. The number of nitrogens with zero attached hydrogens (tertiary/aromatic N) is 1. The standard InChI is InChI=1S/C12H14F2N2O3S/c1-7-10(14)6-11(12(15)17)16(7)20(18,19)9-4-2-8(13)3-5-9/h2-5,7,10-11H,6H2,1H3,(H2,15,17). The zero-order valence-corrected chi connectivity index (χ0v) is 11.5. The minimum Gasteiger partial charge on any atom is -0.368 e. The van der Waals surface area contributed by atoms with E-state index in [1.807, 2.05) is 0 Å². The van der Waals surface area contributed by atoms with Gasteiger partial charge in [-0.05, 0) is 31.2 Å². The first kappa shape index (κ1) is 14.9. The summed E-state index contributed by atoms with van der Waals surface area (Å²) in [5.74, 6) is -1.49. The van der Waals surface area contributed by atoms with Crippen LogP contribution in [0.3, 0.4) is 0 Å². The summed E-state index contributed by atoms with van der Waals surface area (Å²) in [7, 11) is -4.11. The van der Waals surface area contributed by atoms with Gasteiger partial charge in [0.15, 0.2) is 0 Å². The highest BCUT2D eigenvalue weighted by Crippen LogP contribution is 2.32. The molecule has 1 heterocycles. The largest absolute Gasteiger partial charge is 0.368 e. The van der Waals surface area contributed by atoms with Crippen molar-refractivity contribution in [3.05, 3.63) is 30.1 Å². The fraction of sp³-hybridized carbons (Fsp3) is 0.417. The maximum Gasteiger partial charge on any atom is 0.244 e. The van der Waals surface area contributed by atoms with Crippen molar-refractivity contribution < 1.29 is 22.0 Å². The third-order valence-electron chi connectivity index (χ3n) is 3.40. The van der Waals surface area contributed by atoms with Crippen molar-refractivity contribution in [3.8, 4) is 0 Å². The molecule has 0 spiro atoms. The number of carbonyl (C=O) groups excluding carboxylic acids is 1. The van der Waals surface area contributed by atoms with Gasteiger partial charge in [0.2, 0.25) is 15.9 Å². The van der Waals surface area contributed by atoms with Crippen LogP contribution in [0.1, 0.15) is 13.3 Å². The molecule has 0 saturated carbocycles. The molecule has 2 N–H and O–H groups in total. The lowest BCUT2D eigenvalue weighted by Gasteiger charge is -2.25. The molecule has 1 aliphatic heterocycles. The predicted molar refractivity (Wildman–Crippen MR) is 67.4 cm³/mol. The van der Waals surface area contributed by atoms with E-state index < -0.39 is 40.0 Å². The molecule has 3 unspecified atom stereocenters. The molecular weight excluding hydrogens is 290 g/mol. The highest BCUT2D eigenvalue weighted by atomic mass is 32.2. The van der Waals surface area contributed by atoms with Crippen LogP contribution in [0.2, 0.25) is 0 Å². The molecule has 1 amide bonds.